The lowest BCUT2D eigenvalue weighted by Gasteiger charge is -1.98. The zero-order valence-corrected chi connectivity index (χ0v) is 7.24. The maximum atomic E-state index is 11.0. The van der Waals surface area contributed by atoms with Gasteiger partial charge < -0.3 is 4.74 Å². The number of hydrogen-bond acceptors (Lipinski definition) is 3. The van der Waals surface area contributed by atoms with Gasteiger partial charge in [-0.3, -0.25) is 4.98 Å². The number of alkyl halides is 1. The second kappa shape index (κ2) is 4.08. The number of carbonyl (C=O) groups is 1. The fourth-order valence-corrected chi connectivity index (χ4v) is 0.829. The quantitative estimate of drug-likeness (QED) is 0.556. The molecule has 0 bridgehead atoms. The van der Waals surface area contributed by atoms with Gasteiger partial charge in [-0.15, -0.1) is 0 Å². The minimum Gasteiger partial charge on any atom is -0.450 e. The lowest BCUT2D eigenvalue weighted by Crippen LogP contribution is -2.02. The minimum atomic E-state index is -0.343. The van der Waals surface area contributed by atoms with Crippen LogP contribution >= 0.6 is 15.9 Å². The Morgan fingerprint density at radius 1 is 1.55 bits per heavy atom. The maximum Gasteiger partial charge on any atom is 0.339 e. The molecule has 0 aliphatic carbocycles. The molecule has 1 rings (SSSR count). The van der Waals surface area contributed by atoms with Crippen molar-refractivity contribution in [2.45, 2.75) is 0 Å². The lowest BCUT2D eigenvalue weighted by molar-refractivity contribution is 0.0584. The van der Waals surface area contributed by atoms with Crippen molar-refractivity contribution >= 4 is 21.9 Å². The first-order valence-corrected chi connectivity index (χ1v) is 4.10. The topological polar surface area (TPSA) is 39.2 Å². The van der Waals surface area contributed by atoms with Gasteiger partial charge >= 0.3 is 5.97 Å². The van der Waals surface area contributed by atoms with Gasteiger partial charge in [0.15, 0.2) is 0 Å². The molecule has 1 aromatic heterocycles. The third-order valence-corrected chi connectivity index (χ3v) is 1.33. The highest BCUT2D eigenvalue weighted by molar-refractivity contribution is 9.09. The van der Waals surface area contributed by atoms with Crippen molar-refractivity contribution in [3.05, 3.63) is 30.1 Å². The Hall–Kier alpha value is -0.900. The molecule has 0 radical (unpaired) electrons. The van der Waals surface area contributed by atoms with E-state index in [9.17, 15) is 4.79 Å². The molecule has 0 atom stereocenters. The van der Waals surface area contributed by atoms with Crippen molar-refractivity contribution in [1.29, 1.82) is 0 Å². The van der Waals surface area contributed by atoms with Crippen LogP contribution in [-0.4, -0.2) is 16.5 Å². The summed E-state index contributed by atoms with van der Waals surface area (Å²) < 4.78 is 4.68. The van der Waals surface area contributed by atoms with Crippen molar-refractivity contribution in [3.8, 4) is 0 Å². The van der Waals surface area contributed by atoms with Crippen molar-refractivity contribution in [3.63, 3.8) is 0 Å². The van der Waals surface area contributed by atoms with Crippen LogP contribution in [0.3, 0.4) is 0 Å². The van der Waals surface area contributed by atoms with Crippen LogP contribution in [-0.2, 0) is 4.74 Å². The van der Waals surface area contributed by atoms with Crippen molar-refractivity contribution in [2.24, 2.45) is 0 Å². The molecule has 11 heavy (non-hydrogen) atoms. The van der Waals surface area contributed by atoms with Gasteiger partial charge in [0.1, 0.15) is 5.52 Å². The molecule has 0 aliphatic heterocycles. The summed E-state index contributed by atoms with van der Waals surface area (Å²) in [6.45, 7) is 0. The molecule has 0 aromatic carbocycles. The molecular weight excluding hydrogens is 210 g/mol. The monoisotopic (exact) mass is 215 g/mol. The highest BCUT2D eigenvalue weighted by atomic mass is 79.9. The van der Waals surface area contributed by atoms with Crippen molar-refractivity contribution in [2.75, 3.05) is 5.52 Å². The van der Waals surface area contributed by atoms with Crippen LogP contribution in [0.15, 0.2) is 24.5 Å². The van der Waals surface area contributed by atoms with E-state index in [0.717, 1.165) is 0 Å². The summed E-state index contributed by atoms with van der Waals surface area (Å²) in [6.07, 6.45) is 3.09. The summed E-state index contributed by atoms with van der Waals surface area (Å²) in [4.78, 5) is 14.7. The first kappa shape index (κ1) is 8.20. The van der Waals surface area contributed by atoms with Crippen LogP contribution in [0.25, 0.3) is 0 Å². The predicted octanol–water partition coefficient (Wildman–Crippen LogP) is 1.59. The first-order chi connectivity index (χ1) is 5.34. The molecule has 0 amide bonds. The van der Waals surface area contributed by atoms with Gasteiger partial charge in [-0.25, -0.2) is 4.79 Å². The number of carbonyl (C=O) groups excluding carboxylic acids is 1. The number of hydrogen-bond donors (Lipinski definition) is 0. The first-order valence-electron chi connectivity index (χ1n) is 2.97. The predicted molar refractivity (Wildman–Crippen MR) is 43.4 cm³/mol. The highest BCUT2D eigenvalue weighted by Crippen LogP contribution is 1.99. The Kier molecular flexibility index (Phi) is 3.04. The molecule has 0 saturated heterocycles. The number of aromatic nitrogens is 1. The second-order valence-electron chi connectivity index (χ2n) is 1.78. The van der Waals surface area contributed by atoms with Crippen LogP contribution in [0.1, 0.15) is 10.4 Å². The standard InChI is InChI=1S/C7H6BrNO2/c8-5-11-7(10)6-1-3-9-4-2-6/h1-4H,5H2. The van der Waals surface area contributed by atoms with Crippen LogP contribution in [0.4, 0.5) is 0 Å². The minimum absolute atomic E-state index is 0.216. The van der Waals surface area contributed by atoms with Crippen LogP contribution in [0, 0.1) is 0 Å². The van der Waals surface area contributed by atoms with Gasteiger partial charge in [-0.05, 0) is 28.1 Å². The van der Waals surface area contributed by atoms with E-state index in [1.54, 1.807) is 24.5 Å². The fourth-order valence-electron chi connectivity index (χ4n) is 0.621. The second-order valence-corrected chi connectivity index (χ2v) is 2.23. The van der Waals surface area contributed by atoms with Crippen LogP contribution < -0.4 is 0 Å². The number of ether oxygens (including phenoxy) is 1. The van der Waals surface area contributed by atoms with Crippen LogP contribution in [0.2, 0.25) is 0 Å². The Labute approximate surface area is 72.5 Å². The highest BCUT2D eigenvalue weighted by Gasteiger charge is 2.03. The number of nitrogens with zero attached hydrogens (tertiary/aromatic N) is 1. The van der Waals surface area contributed by atoms with E-state index in [1.165, 1.54) is 0 Å². The van der Waals surface area contributed by atoms with E-state index in [0.29, 0.717) is 5.56 Å². The van der Waals surface area contributed by atoms with E-state index >= 15 is 0 Å². The Morgan fingerprint density at radius 2 is 2.18 bits per heavy atom. The molecule has 0 saturated carbocycles. The average Bonchev–Trinajstić information content (AvgIpc) is 2.07. The van der Waals surface area contributed by atoms with E-state index in [1.807, 2.05) is 0 Å². The van der Waals surface area contributed by atoms with Gasteiger partial charge in [0.25, 0.3) is 0 Å². The molecule has 0 unspecified atom stereocenters. The summed E-state index contributed by atoms with van der Waals surface area (Å²) in [5.74, 6) is -0.343. The Bertz CT molecular complexity index is 237. The third kappa shape index (κ3) is 2.31. The molecule has 58 valence electrons. The molecule has 1 aromatic rings. The fraction of sp³-hybridized carbons (Fsp3) is 0.143. The molecule has 4 heteroatoms. The maximum absolute atomic E-state index is 11.0. The Morgan fingerprint density at radius 3 is 2.73 bits per heavy atom. The number of pyridine rings is 1. The number of esters is 1. The summed E-state index contributed by atoms with van der Waals surface area (Å²) in [7, 11) is 0. The molecule has 3 nitrogen and oxygen atoms in total. The zero-order chi connectivity index (χ0) is 8.10. The van der Waals surface area contributed by atoms with E-state index in [-0.39, 0.29) is 11.5 Å². The molecule has 0 aliphatic rings. The lowest BCUT2D eigenvalue weighted by atomic mass is 10.3. The third-order valence-electron chi connectivity index (χ3n) is 1.10. The summed E-state index contributed by atoms with van der Waals surface area (Å²) in [6, 6.07) is 3.20. The van der Waals surface area contributed by atoms with Crippen LogP contribution in [0.5, 0.6) is 0 Å². The average molecular weight is 216 g/mol. The largest absolute Gasteiger partial charge is 0.450 e. The molecule has 0 spiro atoms. The Balaban J connectivity index is 2.69. The normalized spacial score (nSPS) is 9.18. The molecule has 1 heterocycles. The van der Waals surface area contributed by atoms with Gasteiger partial charge in [0, 0.05) is 12.4 Å². The summed E-state index contributed by atoms with van der Waals surface area (Å²) >= 11 is 2.99. The van der Waals surface area contributed by atoms with Gasteiger partial charge in [0.05, 0.1) is 5.56 Å². The summed E-state index contributed by atoms with van der Waals surface area (Å²) in [5, 5.41) is 0. The van der Waals surface area contributed by atoms with Gasteiger partial charge in [0.2, 0.25) is 0 Å². The van der Waals surface area contributed by atoms with E-state index in [2.05, 4.69) is 25.7 Å². The molecule has 0 N–H and O–H groups in total. The van der Waals surface area contributed by atoms with E-state index < -0.39 is 0 Å². The SMILES string of the molecule is O=C(OCBr)c1ccncc1. The summed E-state index contributed by atoms with van der Waals surface area (Å²) in [5.41, 5.74) is 0.730. The van der Waals surface area contributed by atoms with Crippen molar-refractivity contribution in [1.82, 2.24) is 4.98 Å². The zero-order valence-electron chi connectivity index (χ0n) is 5.66. The number of rotatable bonds is 2. The van der Waals surface area contributed by atoms with Gasteiger partial charge in [-0.2, -0.15) is 0 Å². The smallest absolute Gasteiger partial charge is 0.339 e. The molecule has 0 fully saturated rings. The van der Waals surface area contributed by atoms with E-state index in [4.69, 9.17) is 0 Å². The van der Waals surface area contributed by atoms with Gasteiger partial charge in [-0.1, -0.05) is 0 Å². The van der Waals surface area contributed by atoms with Crippen molar-refractivity contribution < 1.29 is 9.53 Å². The molecular formula is C7H6BrNO2. The number of halogens is 1.